The van der Waals surface area contributed by atoms with Crippen LogP contribution in [0.1, 0.15) is 5.69 Å². The van der Waals surface area contributed by atoms with Crippen molar-refractivity contribution in [3.63, 3.8) is 0 Å². The molecule has 37 heavy (non-hydrogen) atoms. The monoisotopic (exact) mass is 528 g/mol. The molecule has 0 radical (unpaired) electrons. The summed E-state index contributed by atoms with van der Waals surface area (Å²) in [6, 6.07) is 23.9. The van der Waals surface area contributed by atoms with Gasteiger partial charge in [-0.2, -0.15) is 5.10 Å². The number of fused-ring (bicyclic) bond motifs is 3. The highest BCUT2D eigenvalue weighted by atomic mass is 35.5. The molecule has 0 atom stereocenters. The first-order valence-corrected chi connectivity index (χ1v) is 13.2. The summed E-state index contributed by atoms with van der Waals surface area (Å²) < 4.78 is 29.3. The van der Waals surface area contributed by atoms with E-state index in [-0.39, 0.29) is 10.8 Å². The van der Waals surface area contributed by atoms with Crippen molar-refractivity contribution in [1.82, 2.24) is 19.7 Å². The van der Waals surface area contributed by atoms with Crippen molar-refractivity contribution < 1.29 is 8.42 Å². The molecule has 8 nitrogen and oxygen atoms in total. The van der Waals surface area contributed by atoms with Gasteiger partial charge in [0.15, 0.2) is 0 Å². The number of benzene rings is 3. The zero-order chi connectivity index (χ0) is 25.9. The predicted octanol–water partition coefficient (Wildman–Crippen LogP) is 5.35. The molecule has 0 unspecified atom stereocenters. The fourth-order valence-corrected chi connectivity index (χ4v) is 6.19. The number of nitrogens with two attached hydrogens (primary N) is 1. The lowest BCUT2D eigenvalue weighted by Gasteiger charge is -2.26. The van der Waals surface area contributed by atoms with Crippen LogP contribution in [0.3, 0.4) is 0 Å². The van der Waals surface area contributed by atoms with Gasteiger partial charge in [-0.3, -0.25) is 4.31 Å². The Balaban J connectivity index is 1.40. The van der Waals surface area contributed by atoms with Crippen molar-refractivity contribution in [3.05, 3.63) is 89.6 Å². The van der Waals surface area contributed by atoms with Gasteiger partial charge in [0.25, 0.3) is 10.0 Å². The third-order valence-corrected chi connectivity index (χ3v) is 8.54. The molecule has 3 heterocycles. The van der Waals surface area contributed by atoms with Crippen LogP contribution < -0.4 is 10.0 Å². The Morgan fingerprint density at radius 1 is 0.865 bits per heavy atom. The second-order valence-electron chi connectivity index (χ2n) is 8.71. The minimum Gasteiger partial charge on any atom is -0.368 e. The van der Waals surface area contributed by atoms with Crippen LogP contribution >= 0.6 is 11.6 Å². The van der Waals surface area contributed by atoms with Crippen LogP contribution in [0.15, 0.2) is 83.8 Å². The molecule has 0 fully saturated rings. The van der Waals surface area contributed by atoms with E-state index in [4.69, 9.17) is 22.4 Å². The van der Waals surface area contributed by atoms with Gasteiger partial charge in [-0.15, -0.1) is 0 Å². The van der Waals surface area contributed by atoms with Crippen molar-refractivity contribution in [2.45, 2.75) is 11.8 Å². The van der Waals surface area contributed by atoms with Crippen molar-refractivity contribution >= 4 is 33.3 Å². The minimum absolute atomic E-state index is 0.171. The van der Waals surface area contributed by atoms with Gasteiger partial charge in [0, 0.05) is 28.8 Å². The molecule has 3 aromatic carbocycles. The van der Waals surface area contributed by atoms with E-state index in [0.29, 0.717) is 33.4 Å². The molecule has 0 bridgehead atoms. The van der Waals surface area contributed by atoms with Crippen LogP contribution in [0.25, 0.3) is 39.5 Å². The van der Waals surface area contributed by atoms with Gasteiger partial charge in [0.05, 0.1) is 27.7 Å². The van der Waals surface area contributed by atoms with Crippen molar-refractivity contribution in [3.8, 4) is 39.5 Å². The normalized spacial score (nSPS) is 13.8. The molecule has 10 heteroatoms. The lowest BCUT2D eigenvalue weighted by Crippen LogP contribution is -2.30. The molecule has 1 aliphatic rings. The Hall–Kier alpha value is -4.21. The number of sulfonamides is 1. The van der Waals surface area contributed by atoms with Crippen LogP contribution in [0, 0.1) is 6.92 Å². The quantitative estimate of drug-likeness (QED) is 0.338. The van der Waals surface area contributed by atoms with E-state index >= 15 is 0 Å². The Morgan fingerprint density at radius 2 is 1.46 bits per heavy atom. The van der Waals surface area contributed by atoms with Crippen molar-refractivity contribution in [1.29, 1.82) is 0 Å². The largest absolute Gasteiger partial charge is 0.368 e. The number of hydrogen-bond acceptors (Lipinski definition) is 6. The molecule has 0 saturated carbocycles. The number of aromatic nitrogens is 4. The zero-order valence-corrected chi connectivity index (χ0v) is 21.5. The van der Waals surface area contributed by atoms with Crippen LogP contribution in [-0.4, -0.2) is 35.2 Å². The molecule has 0 saturated heterocycles. The summed E-state index contributed by atoms with van der Waals surface area (Å²) in [5.41, 5.74) is 12.4. The highest BCUT2D eigenvalue weighted by Crippen LogP contribution is 2.44. The summed E-state index contributed by atoms with van der Waals surface area (Å²) in [4.78, 5) is 9.03. The van der Waals surface area contributed by atoms with E-state index in [0.717, 1.165) is 22.5 Å². The number of nitrogens with zero attached hydrogens (tertiary/aromatic N) is 5. The van der Waals surface area contributed by atoms with Gasteiger partial charge in [-0.05, 0) is 43.3 Å². The molecule has 5 aromatic rings. The highest BCUT2D eigenvalue weighted by Gasteiger charge is 2.36. The van der Waals surface area contributed by atoms with Crippen LogP contribution in [0.2, 0.25) is 5.02 Å². The Labute approximate surface area is 219 Å². The maximum atomic E-state index is 13.1. The molecule has 184 valence electrons. The summed E-state index contributed by atoms with van der Waals surface area (Å²) in [6.45, 7) is 1.86. The van der Waals surface area contributed by atoms with Gasteiger partial charge < -0.3 is 5.73 Å². The van der Waals surface area contributed by atoms with Crippen LogP contribution in [-0.2, 0) is 10.0 Å². The molecular weight excluding hydrogens is 508 g/mol. The first-order chi connectivity index (χ1) is 17.7. The van der Waals surface area contributed by atoms with Crippen molar-refractivity contribution in [2.24, 2.45) is 0 Å². The van der Waals surface area contributed by atoms with Crippen LogP contribution in [0.5, 0.6) is 0 Å². The third kappa shape index (κ3) is 3.75. The van der Waals surface area contributed by atoms with E-state index in [1.54, 1.807) is 42.1 Å². The second kappa shape index (κ2) is 8.43. The van der Waals surface area contributed by atoms with E-state index in [9.17, 15) is 8.42 Å². The minimum atomic E-state index is -3.66. The lowest BCUT2D eigenvalue weighted by atomic mass is 10.1. The van der Waals surface area contributed by atoms with E-state index < -0.39 is 10.0 Å². The second-order valence-corrected chi connectivity index (χ2v) is 11.1. The molecule has 1 aliphatic heterocycles. The summed E-state index contributed by atoms with van der Waals surface area (Å²) in [7, 11) is -2.10. The number of halogens is 1. The predicted molar refractivity (Wildman–Crippen MR) is 145 cm³/mol. The summed E-state index contributed by atoms with van der Waals surface area (Å²) in [5, 5.41) is 5.45. The first-order valence-electron chi connectivity index (χ1n) is 11.4. The van der Waals surface area contributed by atoms with Crippen molar-refractivity contribution in [2.75, 3.05) is 17.1 Å². The SMILES string of the molecule is Cc1c2c(nn1-c1ccc(-c3cc(-c4ccc(Cl)cc4)nc(N)n3)cc1)-c1ccccc1S(=O)(=O)N2C. The maximum Gasteiger partial charge on any atom is 0.264 e. The molecule has 0 spiro atoms. The molecule has 6 rings (SSSR count). The smallest absolute Gasteiger partial charge is 0.264 e. The molecule has 0 aliphatic carbocycles. The third-order valence-electron chi connectivity index (χ3n) is 6.47. The first kappa shape index (κ1) is 23.2. The van der Waals surface area contributed by atoms with Gasteiger partial charge in [0.2, 0.25) is 5.95 Å². The fraction of sp³-hybridized carbons (Fsp3) is 0.0741. The topological polar surface area (TPSA) is 107 Å². The molecule has 2 aromatic heterocycles. The molecule has 2 N–H and O–H groups in total. The zero-order valence-electron chi connectivity index (χ0n) is 19.9. The van der Waals surface area contributed by atoms with Crippen LogP contribution in [0.4, 0.5) is 11.6 Å². The fourth-order valence-electron chi connectivity index (χ4n) is 4.61. The van der Waals surface area contributed by atoms with E-state index in [1.807, 2.05) is 55.5 Å². The standard InChI is InChI=1S/C27H21ClN6O2S/c1-16-26-25(21-5-3-4-6-24(21)37(35,36)33(26)2)32-34(16)20-13-9-18(10-14-20)23-15-22(30-27(29)31-23)17-7-11-19(28)12-8-17/h3-15H,1-2H3,(H2,29,30,31). The molecular formula is C27H21ClN6O2S. The summed E-state index contributed by atoms with van der Waals surface area (Å²) >= 11 is 6.02. The number of nitrogen functional groups attached to an aromatic ring is 1. The van der Waals surface area contributed by atoms with E-state index in [1.165, 1.54) is 4.31 Å². The highest BCUT2D eigenvalue weighted by molar-refractivity contribution is 7.93. The Kier molecular flexibility index (Phi) is 5.29. The van der Waals surface area contributed by atoms with Gasteiger partial charge in [-0.25, -0.2) is 23.1 Å². The van der Waals surface area contributed by atoms with Gasteiger partial charge in [0.1, 0.15) is 11.4 Å². The average Bonchev–Trinajstić information content (AvgIpc) is 3.25. The average molecular weight is 529 g/mol. The maximum absolute atomic E-state index is 13.1. The number of hydrogen-bond donors (Lipinski definition) is 1. The van der Waals surface area contributed by atoms with Gasteiger partial charge in [-0.1, -0.05) is 54.1 Å². The molecule has 0 amide bonds. The Morgan fingerprint density at radius 3 is 2.11 bits per heavy atom. The Bertz CT molecular complexity index is 1780. The van der Waals surface area contributed by atoms with Gasteiger partial charge >= 0.3 is 0 Å². The summed E-state index contributed by atoms with van der Waals surface area (Å²) in [6.07, 6.45) is 0. The van der Waals surface area contributed by atoms with E-state index in [2.05, 4.69) is 9.97 Å². The lowest BCUT2D eigenvalue weighted by molar-refractivity contribution is 0.594. The number of anilines is 2. The summed E-state index contributed by atoms with van der Waals surface area (Å²) in [5.74, 6) is 0.171. The number of rotatable bonds is 3.